The zero-order valence-corrected chi connectivity index (χ0v) is 9.00. The van der Waals surface area contributed by atoms with E-state index in [4.69, 9.17) is 0 Å². The van der Waals surface area contributed by atoms with E-state index in [1.807, 2.05) is 0 Å². The first-order valence-corrected chi connectivity index (χ1v) is 3.94. The van der Waals surface area contributed by atoms with Gasteiger partial charge in [-0.05, 0) is 13.8 Å². The van der Waals surface area contributed by atoms with Gasteiger partial charge in [-0.1, -0.05) is 17.2 Å². The van der Waals surface area contributed by atoms with Crippen LogP contribution < -0.4 is 0 Å². The van der Waals surface area contributed by atoms with Crippen LogP contribution in [-0.4, -0.2) is 0 Å². The van der Waals surface area contributed by atoms with Crippen LogP contribution in [0.4, 0.5) is 0 Å². The second kappa shape index (κ2) is 3.59. The Balaban J connectivity index is 0.000000720. The van der Waals surface area contributed by atoms with E-state index < -0.39 is 0 Å². The number of allylic oxidation sites excluding steroid dienone is 1. The molecule has 0 fully saturated rings. The van der Waals surface area contributed by atoms with Crippen molar-refractivity contribution in [3.63, 3.8) is 0 Å². The fourth-order valence-electron chi connectivity index (χ4n) is 1.46. The van der Waals surface area contributed by atoms with E-state index in [1.54, 1.807) is 0 Å². The molecule has 0 aliphatic heterocycles. The van der Waals surface area contributed by atoms with E-state index in [-0.39, 0.29) is 21.7 Å². The van der Waals surface area contributed by atoms with Gasteiger partial charge in [-0.25, -0.2) is 6.08 Å². The topological polar surface area (TPSA) is 0 Å². The second-order valence-electron chi connectivity index (χ2n) is 3.16. The van der Waals surface area contributed by atoms with Crippen molar-refractivity contribution in [3.8, 4) is 0 Å². The Hall–Kier alpha value is -0.326. The van der Waals surface area contributed by atoms with Gasteiger partial charge in [0.1, 0.15) is 0 Å². The van der Waals surface area contributed by atoms with Gasteiger partial charge in [-0.15, -0.1) is 18.1 Å². The van der Waals surface area contributed by atoms with Gasteiger partial charge in [-0.2, -0.15) is 5.56 Å². The van der Waals surface area contributed by atoms with Gasteiger partial charge < -0.3 is 0 Å². The number of benzene rings is 1. The fourth-order valence-corrected chi connectivity index (χ4v) is 1.46. The summed E-state index contributed by atoms with van der Waals surface area (Å²) in [7, 11) is 0. The molecule has 1 aliphatic rings. The van der Waals surface area contributed by atoms with Crippen LogP contribution in [0.15, 0.2) is 12.1 Å². The molecule has 0 amide bonds. The van der Waals surface area contributed by atoms with Crippen LogP contribution in [0.5, 0.6) is 0 Å². The Morgan fingerprint density at radius 1 is 1.17 bits per heavy atom. The number of fused-ring (bicyclic) bond motifs is 1. The maximum absolute atomic E-state index is 3.22. The van der Waals surface area contributed by atoms with Gasteiger partial charge in [-0.3, -0.25) is 6.08 Å². The molecule has 60 valence electrons. The first-order chi connectivity index (χ1) is 5.27. The van der Waals surface area contributed by atoms with Crippen LogP contribution in [0, 0.1) is 19.9 Å². The van der Waals surface area contributed by atoms with Gasteiger partial charge in [0.2, 0.25) is 0 Å². The number of rotatable bonds is 0. The van der Waals surface area contributed by atoms with E-state index in [2.05, 4.69) is 38.1 Å². The molecule has 0 saturated heterocycles. The van der Waals surface area contributed by atoms with Crippen LogP contribution in [0.2, 0.25) is 0 Å². The molecular weight excluding hydrogens is 180 g/mol. The van der Waals surface area contributed by atoms with Crippen LogP contribution >= 0.6 is 0 Å². The first kappa shape index (κ1) is 9.76. The van der Waals surface area contributed by atoms with Crippen molar-refractivity contribution in [1.82, 2.24) is 0 Å². The summed E-state index contributed by atoms with van der Waals surface area (Å²) in [4.78, 5) is 0. The average Bonchev–Trinajstić information content (AvgIpc) is 2.36. The predicted octanol–water partition coefficient (Wildman–Crippen LogP) is 2.67. The molecule has 0 radical (unpaired) electrons. The van der Waals surface area contributed by atoms with Crippen molar-refractivity contribution in [2.24, 2.45) is 0 Å². The molecule has 2 rings (SSSR count). The summed E-state index contributed by atoms with van der Waals surface area (Å²) < 4.78 is 0. The predicted molar refractivity (Wildman–Crippen MR) is 47.3 cm³/mol. The number of hydrogen-bond donors (Lipinski definition) is 0. The molecule has 1 aliphatic carbocycles. The SMILES string of the molecule is Cc1cc2c(cc1C)C[C-]=C2.[Ti]. The minimum absolute atomic E-state index is 0. The zero-order chi connectivity index (χ0) is 7.84. The molecule has 1 aromatic rings. The quantitative estimate of drug-likeness (QED) is 0.436. The molecule has 0 aromatic heterocycles. The third-order valence-corrected chi connectivity index (χ3v) is 2.31. The summed E-state index contributed by atoms with van der Waals surface area (Å²) in [5, 5.41) is 0. The summed E-state index contributed by atoms with van der Waals surface area (Å²) in [6, 6.07) is 4.51. The van der Waals surface area contributed by atoms with Crippen molar-refractivity contribution in [1.29, 1.82) is 0 Å². The Bertz CT molecular complexity index is 324. The van der Waals surface area contributed by atoms with Crippen molar-refractivity contribution in [2.45, 2.75) is 20.3 Å². The van der Waals surface area contributed by atoms with Gasteiger partial charge >= 0.3 is 0 Å². The van der Waals surface area contributed by atoms with E-state index in [9.17, 15) is 0 Å². The van der Waals surface area contributed by atoms with Crippen LogP contribution in [0.3, 0.4) is 0 Å². The minimum Gasteiger partial charge on any atom is -0.272 e. The number of hydrogen-bond acceptors (Lipinski definition) is 0. The summed E-state index contributed by atoms with van der Waals surface area (Å²) >= 11 is 0. The van der Waals surface area contributed by atoms with Crippen molar-refractivity contribution >= 4 is 6.08 Å². The fraction of sp³-hybridized carbons (Fsp3) is 0.273. The molecule has 1 heteroatoms. The van der Waals surface area contributed by atoms with Gasteiger partial charge in [0.05, 0.1) is 0 Å². The van der Waals surface area contributed by atoms with Gasteiger partial charge in [0.15, 0.2) is 0 Å². The van der Waals surface area contributed by atoms with E-state index >= 15 is 0 Å². The maximum Gasteiger partial charge on any atom is 0 e. The molecule has 0 nitrogen and oxygen atoms in total. The van der Waals surface area contributed by atoms with E-state index in [1.165, 1.54) is 22.3 Å². The Morgan fingerprint density at radius 3 is 2.58 bits per heavy atom. The van der Waals surface area contributed by atoms with Gasteiger partial charge in [0.25, 0.3) is 0 Å². The molecule has 0 spiro atoms. The Labute approximate surface area is 88.6 Å². The minimum atomic E-state index is 0. The normalized spacial score (nSPS) is 12.5. The third-order valence-electron chi connectivity index (χ3n) is 2.31. The number of aryl methyl sites for hydroxylation is 2. The van der Waals surface area contributed by atoms with Crippen LogP contribution in [0.25, 0.3) is 6.08 Å². The van der Waals surface area contributed by atoms with E-state index in [0.29, 0.717) is 0 Å². The van der Waals surface area contributed by atoms with Crippen molar-refractivity contribution < 1.29 is 21.7 Å². The molecule has 0 N–H and O–H groups in total. The smallest absolute Gasteiger partial charge is 0 e. The zero-order valence-electron chi connectivity index (χ0n) is 7.44. The standard InChI is InChI=1S/C11H11.Ti/c1-8-6-10-4-3-5-11(10)7-9(8)2;/h4,6-7H,5H2,1-2H3;/q-1;. The third kappa shape index (κ3) is 1.55. The molecule has 0 unspecified atom stereocenters. The second-order valence-corrected chi connectivity index (χ2v) is 3.16. The van der Waals surface area contributed by atoms with E-state index in [0.717, 1.165) is 6.42 Å². The molecule has 0 heterocycles. The average molecular weight is 191 g/mol. The van der Waals surface area contributed by atoms with Crippen LogP contribution in [-0.2, 0) is 28.1 Å². The molecule has 1 aromatic carbocycles. The maximum atomic E-state index is 3.22. The van der Waals surface area contributed by atoms with Crippen molar-refractivity contribution in [2.75, 3.05) is 0 Å². The molecule has 0 saturated carbocycles. The summed E-state index contributed by atoms with van der Waals surface area (Å²) in [5.41, 5.74) is 5.55. The monoisotopic (exact) mass is 191 g/mol. The molecule has 0 bridgehead atoms. The first-order valence-electron chi connectivity index (χ1n) is 3.94. The Kier molecular flexibility index (Phi) is 2.92. The molecular formula is C11H11Ti-. The molecule has 0 atom stereocenters. The summed E-state index contributed by atoms with van der Waals surface area (Å²) in [5.74, 6) is 0. The summed E-state index contributed by atoms with van der Waals surface area (Å²) in [6.07, 6.45) is 6.30. The summed E-state index contributed by atoms with van der Waals surface area (Å²) in [6.45, 7) is 4.32. The Morgan fingerprint density at radius 2 is 1.83 bits per heavy atom. The molecule has 12 heavy (non-hydrogen) atoms. The largest absolute Gasteiger partial charge is 0.272 e. The van der Waals surface area contributed by atoms with Gasteiger partial charge in [0, 0.05) is 21.7 Å². The van der Waals surface area contributed by atoms with Crippen molar-refractivity contribution in [3.05, 3.63) is 40.5 Å². The van der Waals surface area contributed by atoms with Crippen LogP contribution in [0.1, 0.15) is 22.3 Å².